The summed E-state index contributed by atoms with van der Waals surface area (Å²) in [4.78, 5) is 0. The minimum Gasteiger partial charge on any atom is -0.378 e. The van der Waals surface area contributed by atoms with Crippen LogP contribution in [0.1, 0.15) is 46.0 Å². The molecule has 1 N–H and O–H groups in total. The molecule has 0 amide bonds. The van der Waals surface area contributed by atoms with Crippen molar-refractivity contribution in [2.75, 3.05) is 33.0 Å². The van der Waals surface area contributed by atoms with E-state index in [1.165, 1.54) is 19.3 Å². The van der Waals surface area contributed by atoms with Crippen LogP contribution in [0.5, 0.6) is 0 Å². The first-order valence-corrected chi connectivity index (χ1v) is 8.79. The summed E-state index contributed by atoms with van der Waals surface area (Å²) in [6.45, 7) is 9.02. The fourth-order valence-corrected chi connectivity index (χ4v) is 4.37. The van der Waals surface area contributed by atoms with Crippen molar-refractivity contribution in [2.24, 2.45) is 11.8 Å². The summed E-state index contributed by atoms with van der Waals surface area (Å²) in [5.41, 5.74) is 0.0140. The zero-order valence-electron chi connectivity index (χ0n) is 13.6. The SMILES string of the molecule is CCCNC(C1COC(C)C1)C1CCOC2(CCOC2)C1. The van der Waals surface area contributed by atoms with Crippen molar-refractivity contribution < 1.29 is 14.2 Å². The fraction of sp³-hybridized carbons (Fsp3) is 1.00. The van der Waals surface area contributed by atoms with E-state index in [2.05, 4.69) is 19.2 Å². The molecule has 5 unspecified atom stereocenters. The standard InChI is InChI=1S/C17H31NO3/c1-3-6-18-16(15-9-13(2)20-11-15)14-4-7-21-17(10-14)5-8-19-12-17/h13-16,18H,3-12H2,1-2H3. The summed E-state index contributed by atoms with van der Waals surface area (Å²) >= 11 is 0. The second-order valence-electron chi connectivity index (χ2n) is 7.21. The first-order valence-electron chi connectivity index (χ1n) is 8.79. The normalized spacial score (nSPS) is 41.7. The minimum atomic E-state index is 0.0140. The third-order valence-corrected chi connectivity index (χ3v) is 5.47. The van der Waals surface area contributed by atoms with Gasteiger partial charge in [0.05, 0.1) is 24.9 Å². The highest BCUT2D eigenvalue weighted by Crippen LogP contribution is 2.40. The van der Waals surface area contributed by atoms with Crippen molar-refractivity contribution >= 4 is 0 Å². The Morgan fingerprint density at radius 3 is 2.86 bits per heavy atom. The Bertz CT molecular complexity index is 330. The van der Waals surface area contributed by atoms with Gasteiger partial charge in [0.2, 0.25) is 0 Å². The molecule has 0 aromatic heterocycles. The summed E-state index contributed by atoms with van der Waals surface area (Å²) in [6.07, 6.45) is 6.21. The Kier molecular flexibility index (Phi) is 5.20. The molecule has 0 aromatic carbocycles. The third kappa shape index (κ3) is 3.61. The second-order valence-corrected chi connectivity index (χ2v) is 7.21. The van der Waals surface area contributed by atoms with Crippen LogP contribution in [-0.2, 0) is 14.2 Å². The summed E-state index contributed by atoms with van der Waals surface area (Å²) in [5, 5.41) is 3.83. The molecule has 3 aliphatic rings. The van der Waals surface area contributed by atoms with Crippen molar-refractivity contribution in [3.05, 3.63) is 0 Å². The highest BCUT2D eigenvalue weighted by molar-refractivity contribution is 4.96. The largest absolute Gasteiger partial charge is 0.378 e. The zero-order valence-corrected chi connectivity index (χ0v) is 13.6. The number of ether oxygens (including phenoxy) is 3. The Labute approximate surface area is 128 Å². The molecule has 4 heteroatoms. The van der Waals surface area contributed by atoms with E-state index in [1.807, 2.05) is 0 Å². The summed E-state index contributed by atoms with van der Waals surface area (Å²) in [5.74, 6) is 1.36. The Balaban J connectivity index is 1.66. The molecule has 122 valence electrons. The summed E-state index contributed by atoms with van der Waals surface area (Å²) in [6, 6.07) is 0.580. The van der Waals surface area contributed by atoms with Crippen LogP contribution in [0.15, 0.2) is 0 Å². The van der Waals surface area contributed by atoms with E-state index in [0.29, 0.717) is 24.0 Å². The molecule has 21 heavy (non-hydrogen) atoms. The molecule has 3 fully saturated rings. The van der Waals surface area contributed by atoms with Gasteiger partial charge in [-0.25, -0.2) is 0 Å². The van der Waals surface area contributed by atoms with Gasteiger partial charge >= 0.3 is 0 Å². The van der Waals surface area contributed by atoms with Crippen molar-refractivity contribution in [1.82, 2.24) is 5.32 Å². The van der Waals surface area contributed by atoms with Crippen molar-refractivity contribution in [3.8, 4) is 0 Å². The molecule has 0 bridgehead atoms. The van der Waals surface area contributed by atoms with Gasteiger partial charge in [-0.2, -0.15) is 0 Å². The molecule has 3 rings (SSSR count). The fourth-order valence-electron chi connectivity index (χ4n) is 4.37. The molecule has 3 heterocycles. The van der Waals surface area contributed by atoms with Crippen LogP contribution in [0.4, 0.5) is 0 Å². The van der Waals surface area contributed by atoms with Gasteiger partial charge in [-0.05, 0) is 45.1 Å². The zero-order chi connectivity index (χ0) is 14.7. The van der Waals surface area contributed by atoms with Crippen molar-refractivity contribution in [2.45, 2.75) is 63.7 Å². The monoisotopic (exact) mass is 297 g/mol. The molecule has 0 aromatic rings. The van der Waals surface area contributed by atoms with Crippen LogP contribution < -0.4 is 5.32 Å². The maximum atomic E-state index is 6.11. The molecule has 0 saturated carbocycles. The van der Waals surface area contributed by atoms with Gasteiger partial charge in [0.25, 0.3) is 0 Å². The van der Waals surface area contributed by atoms with E-state index in [0.717, 1.165) is 45.8 Å². The number of nitrogens with one attached hydrogen (secondary N) is 1. The lowest BCUT2D eigenvalue weighted by Gasteiger charge is -2.42. The number of rotatable bonds is 5. The Morgan fingerprint density at radius 2 is 2.19 bits per heavy atom. The quantitative estimate of drug-likeness (QED) is 0.845. The summed E-state index contributed by atoms with van der Waals surface area (Å²) < 4.78 is 17.6. The van der Waals surface area contributed by atoms with Crippen LogP contribution in [-0.4, -0.2) is 50.7 Å². The maximum absolute atomic E-state index is 6.11. The first kappa shape index (κ1) is 15.7. The Hall–Kier alpha value is -0.160. The lowest BCUT2D eigenvalue weighted by Crippen LogP contribution is -2.50. The highest BCUT2D eigenvalue weighted by atomic mass is 16.6. The maximum Gasteiger partial charge on any atom is 0.0939 e. The van der Waals surface area contributed by atoms with Gasteiger partial charge in [0.15, 0.2) is 0 Å². The molecule has 3 saturated heterocycles. The van der Waals surface area contributed by atoms with E-state index in [4.69, 9.17) is 14.2 Å². The third-order valence-electron chi connectivity index (χ3n) is 5.47. The summed E-state index contributed by atoms with van der Waals surface area (Å²) in [7, 11) is 0. The van der Waals surface area contributed by atoms with Crippen LogP contribution in [0.25, 0.3) is 0 Å². The van der Waals surface area contributed by atoms with Gasteiger partial charge in [-0.15, -0.1) is 0 Å². The van der Waals surface area contributed by atoms with Crippen molar-refractivity contribution in [1.29, 1.82) is 0 Å². The van der Waals surface area contributed by atoms with Crippen LogP contribution in [0.3, 0.4) is 0 Å². The molecular formula is C17H31NO3. The molecule has 5 atom stereocenters. The molecule has 0 radical (unpaired) electrons. The molecular weight excluding hydrogens is 266 g/mol. The van der Waals surface area contributed by atoms with Gasteiger partial charge < -0.3 is 19.5 Å². The van der Waals surface area contributed by atoms with Gasteiger partial charge in [-0.1, -0.05) is 6.92 Å². The molecule has 4 nitrogen and oxygen atoms in total. The van der Waals surface area contributed by atoms with Crippen LogP contribution in [0.2, 0.25) is 0 Å². The van der Waals surface area contributed by atoms with Crippen molar-refractivity contribution in [3.63, 3.8) is 0 Å². The predicted octanol–water partition coefficient (Wildman–Crippen LogP) is 2.37. The van der Waals surface area contributed by atoms with E-state index >= 15 is 0 Å². The number of hydrogen-bond donors (Lipinski definition) is 1. The van der Waals surface area contributed by atoms with Gasteiger partial charge in [0.1, 0.15) is 0 Å². The molecule has 0 aliphatic carbocycles. The predicted molar refractivity (Wildman–Crippen MR) is 82.4 cm³/mol. The van der Waals surface area contributed by atoms with Gasteiger partial charge in [0, 0.05) is 31.6 Å². The average Bonchev–Trinajstić information content (AvgIpc) is 3.10. The lowest BCUT2D eigenvalue weighted by molar-refractivity contribution is -0.106. The highest BCUT2D eigenvalue weighted by Gasteiger charge is 2.45. The minimum absolute atomic E-state index is 0.0140. The van der Waals surface area contributed by atoms with Crippen LogP contribution in [0, 0.1) is 11.8 Å². The average molecular weight is 297 g/mol. The Morgan fingerprint density at radius 1 is 1.29 bits per heavy atom. The first-order chi connectivity index (χ1) is 10.2. The molecule has 1 spiro atoms. The topological polar surface area (TPSA) is 39.7 Å². The van der Waals surface area contributed by atoms with E-state index < -0.39 is 0 Å². The second kappa shape index (κ2) is 6.95. The van der Waals surface area contributed by atoms with E-state index in [9.17, 15) is 0 Å². The van der Waals surface area contributed by atoms with E-state index in [1.54, 1.807) is 0 Å². The van der Waals surface area contributed by atoms with Crippen LogP contribution >= 0.6 is 0 Å². The smallest absolute Gasteiger partial charge is 0.0939 e. The lowest BCUT2D eigenvalue weighted by atomic mass is 9.76. The number of hydrogen-bond acceptors (Lipinski definition) is 4. The van der Waals surface area contributed by atoms with E-state index in [-0.39, 0.29) is 5.60 Å². The van der Waals surface area contributed by atoms with Gasteiger partial charge in [-0.3, -0.25) is 0 Å². The molecule has 3 aliphatic heterocycles.